The van der Waals surface area contributed by atoms with E-state index in [2.05, 4.69) is 26.4 Å². The van der Waals surface area contributed by atoms with Crippen LogP contribution in [-0.2, 0) is 9.59 Å². The summed E-state index contributed by atoms with van der Waals surface area (Å²) in [4.78, 5) is 60.5. The number of urea groups is 1. The molecule has 0 spiro atoms. The van der Waals surface area contributed by atoms with E-state index < -0.39 is 41.4 Å². The molecular weight excluding hydrogens is 356 g/mol. The molecule has 0 unspecified atom stereocenters. The van der Waals surface area contributed by atoms with Crippen molar-refractivity contribution in [3.63, 3.8) is 0 Å². The van der Waals surface area contributed by atoms with Crippen LogP contribution in [0.25, 0.3) is 10.8 Å². The van der Waals surface area contributed by atoms with Crippen molar-refractivity contribution in [1.82, 2.24) is 31.3 Å². The van der Waals surface area contributed by atoms with Gasteiger partial charge in [0.05, 0.1) is 5.39 Å². The van der Waals surface area contributed by atoms with E-state index in [4.69, 9.17) is 0 Å². The maximum absolute atomic E-state index is 12.3. The van der Waals surface area contributed by atoms with Crippen molar-refractivity contribution in [1.29, 1.82) is 0 Å². The summed E-state index contributed by atoms with van der Waals surface area (Å²) < 4.78 is 0. The number of nitrogens with zero attached hydrogens (tertiary/aromatic N) is 2. The Kier molecular flexibility index (Phi) is 4.35. The zero-order valence-electron chi connectivity index (χ0n) is 14.5. The third kappa shape index (κ3) is 3.34. The molecule has 0 saturated carbocycles. The molecular formula is C16H16N6O5. The highest BCUT2D eigenvalue weighted by molar-refractivity contribution is 6.09. The summed E-state index contributed by atoms with van der Waals surface area (Å²) in [5.74, 6) is -2.10. The number of aromatic amines is 1. The van der Waals surface area contributed by atoms with E-state index in [1.165, 1.54) is 19.9 Å². The molecule has 4 N–H and O–H groups in total. The number of hydrogen-bond donors (Lipinski definition) is 4. The van der Waals surface area contributed by atoms with E-state index in [1.807, 2.05) is 0 Å². The molecule has 1 fully saturated rings. The first-order chi connectivity index (χ1) is 12.7. The fourth-order valence-corrected chi connectivity index (χ4v) is 2.62. The minimum atomic E-state index is -1.10. The van der Waals surface area contributed by atoms with Crippen molar-refractivity contribution >= 4 is 34.5 Å². The highest BCUT2D eigenvalue weighted by Crippen LogP contribution is 2.16. The molecule has 5 amide bonds. The molecule has 140 valence electrons. The van der Waals surface area contributed by atoms with Crippen molar-refractivity contribution < 1.29 is 19.2 Å². The predicted octanol–water partition coefficient (Wildman–Crippen LogP) is -0.985. The maximum Gasteiger partial charge on any atom is 0.325 e. The number of benzene rings is 1. The van der Waals surface area contributed by atoms with E-state index in [0.717, 1.165) is 4.90 Å². The van der Waals surface area contributed by atoms with Gasteiger partial charge in [0, 0.05) is 5.39 Å². The van der Waals surface area contributed by atoms with E-state index in [0.29, 0.717) is 5.39 Å². The number of carbonyl (C=O) groups excluding carboxylic acids is 4. The molecule has 2 heterocycles. The van der Waals surface area contributed by atoms with Crippen molar-refractivity contribution in [2.75, 3.05) is 6.54 Å². The van der Waals surface area contributed by atoms with Crippen LogP contribution in [0, 0.1) is 0 Å². The van der Waals surface area contributed by atoms with Crippen LogP contribution in [0.2, 0.25) is 0 Å². The van der Waals surface area contributed by atoms with Gasteiger partial charge in [0.2, 0.25) is 0 Å². The van der Waals surface area contributed by atoms with Crippen LogP contribution >= 0.6 is 0 Å². The van der Waals surface area contributed by atoms with Crippen LogP contribution in [0.5, 0.6) is 0 Å². The number of rotatable bonds is 3. The number of hydrazine groups is 1. The SMILES string of the molecule is CC1(C)NC(=O)N(CC(=O)NNC(=O)c2n[nH]c(=O)c3ccccc23)C1=O. The lowest BCUT2D eigenvalue weighted by atomic mass is 10.1. The van der Waals surface area contributed by atoms with Gasteiger partial charge >= 0.3 is 6.03 Å². The van der Waals surface area contributed by atoms with Gasteiger partial charge in [-0.15, -0.1) is 0 Å². The molecule has 27 heavy (non-hydrogen) atoms. The number of H-pyrrole nitrogens is 1. The topological polar surface area (TPSA) is 153 Å². The van der Waals surface area contributed by atoms with Crippen LogP contribution < -0.4 is 21.7 Å². The molecule has 1 aromatic heterocycles. The zero-order chi connectivity index (χ0) is 19.8. The maximum atomic E-state index is 12.3. The molecule has 11 heteroatoms. The second-order valence-electron chi connectivity index (χ2n) is 6.40. The fourth-order valence-electron chi connectivity index (χ4n) is 2.62. The molecule has 1 aromatic carbocycles. The van der Waals surface area contributed by atoms with Gasteiger partial charge < -0.3 is 5.32 Å². The Morgan fingerprint density at radius 1 is 1.11 bits per heavy atom. The lowest BCUT2D eigenvalue weighted by molar-refractivity contribution is -0.134. The number of aromatic nitrogens is 2. The monoisotopic (exact) mass is 372 g/mol. The smallest absolute Gasteiger partial charge is 0.324 e. The number of nitrogens with one attached hydrogen (secondary N) is 4. The Labute approximate surface area is 152 Å². The molecule has 3 rings (SSSR count). The standard InChI is InChI=1S/C16H16N6O5/c1-16(2)14(26)22(15(27)17-16)7-10(23)18-21-13(25)11-8-5-3-4-6-9(8)12(24)20-19-11/h3-6H,7H2,1-2H3,(H,17,27)(H,18,23)(H,20,24)(H,21,25). The normalized spacial score (nSPS) is 15.6. The first-order valence-corrected chi connectivity index (χ1v) is 7.91. The van der Waals surface area contributed by atoms with Gasteiger partial charge in [0.25, 0.3) is 23.3 Å². The number of imide groups is 1. The largest absolute Gasteiger partial charge is 0.325 e. The van der Waals surface area contributed by atoms with Gasteiger partial charge in [-0.2, -0.15) is 5.10 Å². The lowest BCUT2D eigenvalue weighted by Gasteiger charge is -2.15. The van der Waals surface area contributed by atoms with Crippen LogP contribution in [0.1, 0.15) is 24.3 Å². The molecule has 1 aliphatic rings. The fraction of sp³-hybridized carbons (Fsp3) is 0.250. The third-order valence-corrected chi connectivity index (χ3v) is 3.97. The molecule has 1 aliphatic heterocycles. The molecule has 0 bridgehead atoms. The second-order valence-corrected chi connectivity index (χ2v) is 6.40. The van der Waals surface area contributed by atoms with Gasteiger partial charge in [-0.25, -0.2) is 9.89 Å². The summed E-state index contributed by atoms with van der Waals surface area (Å²) in [5.41, 5.74) is 2.61. The lowest BCUT2D eigenvalue weighted by Crippen LogP contribution is -2.48. The number of carbonyl (C=O) groups is 4. The van der Waals surface area contributed by atoms with Gasteiger partial charge in [0.15, 0.2) is 5.69 Å². The Bertz CT molecular complexity index is 1030. The van der Waals surface area contributed by atoms with E-state index >= 15 is 0 Å². The number of fused-ring (bicyclic) bond motifs is 1. The van der Waals surface area contributed by atoms with Crippen molar-refractivity contribution in [3.05, 3.63) is 40.3 Å². The van der Waals surface area contributed by atoms with E-state index in [9.17, 15) is 24.0 Å². The van der Waals surface area contributed by atoms with Crippen molar-refractivity contribution in [2.45, 2.75) is 19.4 Å². The molecule has 1 saturated heterocycles. The first kappa shape index (κ1) is 18.0. The molecule has 2 aromatic rings. The summed E-state index contributed by atoms with van der Waals surface area (Å²) in [6.45, 7) is 2.47. The van der Waals surface area contributed by atoms with Crippen molar-refractivity contribution in [3.8, 4) is 0 Å². The predicted molar refractivity (Wildman–Crippen MR) is 92.3 cm³/mol. The third-order valence-electron chi connectivity index (χ3n) is 3.97. The minimum absolute atomic E-state index is 0.0957. The zero-order valence-corrected chi connectivity index (χ0v) is 14.5. The van der Waals surface area contributed by atoms with Gasteiger partial charge in [-0.3, -0.25) is 34.9 Å². The quantitative estimate of drug-likeness (QED) is 0.401. The van der Waals surface area contributed by atoms with E-state index in [-0.39, 0.29) is 11.1 Å². The Hall–Kier alpha value is -3.76. The molecule has 0 radical (unpaired) electrons. The number of amides is 5. The van der Waals surface area contributed by atoms with E-state index in [1.54, 1.807) is 18.2 Å². The van der Waals surface area contributed by atoms with Crippen LogP contribution in [-0.4, -0.2) is 50.9 Å². The summed E-state index contributed by atoms with van der Waals surface area (Å²) >= 11 is 0. The van der Waals surface area contributed by atoms with Crippen LogP contribution in [0.15, 0.2) is 29.1 Å². The summed E-state index contributed by atoms with van der Waals surface area (Å²) in [7, 11) is 0. The molecule has 0 atom stereocenters. The van der Waals surface area contributed by atoms with Crippen molar-refractivity contribution in [2.24, 2.45) is 0 Å². The summed E-state index contributed by atoms with van der Waals surface area (Å²) in [5, 5.41) is 8.93. The average Bonchev–Trinajstić information content (AvgIpc) is 2.82. The molecule has 11 nitrogen and oxygen atoms in total. The summed E-state index contributed by atoms with van der Waals surface area (Å²) in [6, 6.07) is 5.66. The molecule has 0 aliphatic carbocycles. The van der Waals surface area contributed by atoms with Crippen LogP contribution in [0.4, 0.5) is 4.79 Å². The number of hydrogen-bond acceptors (Lipinski definition) is 6. The van der Waals surface area contributed by atoms with Gasteiger partial charge in [-0.05, 0) is 19.9 Å². The first-order valence-electron chi connectivity index (χ1n) is 7.91. The average molecular weight is 372 g/mol. The Morgan fingerprint density at radius 3 is 2.41 bits per heavy atom. The minimum Gasteiger partial charge on any atom is -0.324 e. The van der Waals surface area contributed by atoms with Crippen LogP contribution in [0.3, 0.4) is 0 Å². The highest BCUT2D eigenvalue weighted by atomic mass is 16.2. The Balaban J connectivity index is 1.67. The second kappa shape index (κ2) is 6.52. The van der Waals surface area contributed by atoms with Gasteiger partial charge in [0.1, 0.15) is 12.1 Å². The van der Waals surface area contributed by atoms with Gasteiger partial charge in [-0.1, -0.05) is 18.2 Å². The summed E-state index contributed by atoms with van der Waals surface area (Å²) in [6.07, 6.45) is 0. The highest BCUT2D eigenvalue weighted by Gasteiger charge is 2.44. The Morgan fingerprint density at radius 2 is 1.78 bits per heavy atom.